The highest BCUT2D eigenvalue weighted by Crippen LogP contribution is 2.26. The van der Waals surface area contributed by atoms with Crippen molar-refractivity contribution < 1.29 is 9.53 Å². The van der Waals surface area contributed by atoms with E-state index in [1.807, 2.05) is 39.0 Å². The van der Waals surface area contributed by atoms with Crippen molar-refractivity contribution in [3.05, 3.63) is 52.4 Å². The van der Waals surface area contributed by atoms with Gasteiger partial charge in [-0.25, -0.2) is 9.97 Å². The molecule has 1 N–H and O–H groups in total. The van der Waals surface area contributed by atoms with E-state index in [-0.39, 0.29) is 23.1 Å². The van der Waals surface area contributed by atoms with Crippen LogP contribution in [0.25, 0.3) is 11.0 Å². The van der Waals surface area contributed by atoms with Gasteiger partial charge in [0, 0.05) is 12.7 Å². The number of rotatable bonds is 7. The summed E-state index contributed by atoms with van der Waals surface area (Å²) >= 11 is 1.22. The fraction of sp³-hybridized carbons (Fsp3) is 0.333. The second-order valence-corrected chi connectivity index (χ2v) is 8.06. The fourth-order valence-corrected chi connectivity index (χ4v) is 3.71. The molecular weight excluding hydrogens is 388 g/mol. The van der Waals surface area contributed by atoms with Gasteiger partial charge in [-0.3, -0.25) is 14.2 Å². The SMILES string of the molecule is COc1ccc(C)cc1NC(=O)CSc1nc2ncccc2c(=O)n1CC(C)C. The summed E-state index contributed by atoms with van der Waals surface area (Å²) in [5, 5.41) is 3.83. The lowest BCUT2D eigenvalue weighted by molar-refractivity contribution is -0.113. The summed E-state index contributed by atoms with van der Waals surface area (Å²) in [6.45, 7) is 6.53. The van der Waals surface area contributed by atoms with E-state index in [0.717, 1.165) is 5.56 Å². The molecule has 0 saturated heterocycles. The number of amides is 1. The van der Waals surface area contributed by atoms with Crippen LogP contribution >= 0.6 is 11.8 Å². The molecule has 3 aromatic rings. The molecule has 0 spiro atoms. The van der Waals surface area contributed by atoms with Crippen molar-refractivity contribution in [2.75, 3.05) is 18.2 Å². The number of benzene rings is 1. The number of thioether (sulfide) groups is 1. The second-order valence-electron chi connectivity index (χ2n) is 7.12. The first-order valence-corrected chi connectivity index (χ1v) is 10.3. The van der Waals surface area contributed by atoms with Crippen LogP contribution in [0.15, 0.2) is 46.5 Å². The normalized spacial score (nSPS) is 11.1. The van der Waals surface area contributed by atoms with Crippen molar-refractivity contribution in [2.24, 2.45) is 5.92 Å². The van der Waals surface area contributed by atoms with Crippen LogP contribution in [0, 0.1) is 12.8 Å². The molecule has 3 rings (SSSR count). The van der Waals surface area contributed by atoms with E-state index < -0.39 is 0 Å². The number of nitrogens with zero attached hydrogens (tertiary/aromatic N) is 3. The third-order valence-corrected chi connectivity index (χ3v) is 5.18. The summed E-state index contributed by atoms with van der Waals surface area (Å²) in [4.78, 5) is 34.1. The fourth-order valence-electron chi connectivity index (χ4n) is 2.91. The summed E-state index contributed by atoms with van der Waals surface area (Å²) in [6.07, 6.45) is 1.60. The van der Waals surface area contributed by atoms with Gasteiger partial charge in [0.2, 0.25) is 5.91 Å². The molecule has 1 amide bonds. The Morgan fingerprint density at radius 1 is 1.31 bits per heavy atom. The molecule has 2 aromatic heterocycles. The van der Waals surface area contributed by atoms with Crippen molar-refractivity contribution in [2.45, 2.75) is 32.5 Å². The van der Waals surface area contributed by atoms with Gasteiger partial charge in [-0.1, -0.05) is 31.7 Å². The van der Waals surface area contributed by atoms with E-state index in [1.54, 1.807) is 30.0 Å². The van der Waals surface area contributed by atoms with Crippen LogP contribution < -0.4 is 15.6 Å². The lowest BCUT2D eigenvalue weighted by Crippen LogP contribution is -2.26. The Hall–Kier alpha value is -2.87. The highest BCUT2D eigenvalue weighted by atomic mass is 32.2. The van der Waals surface area contributed by atoms with Crippen LogP contribution in [-0.4, -0.2) is 33.3 Å². The van der Waals surface area contributed by atoms with Gasteiger partial charge in [0.25, 0.3) is 5.56 Å². The molecular formula is C21H24N4O3S. The number of hydrogen-bond donors (Lipinski definition) is 1. The maximum absolute atomic E-state index is 12.9. The first-order chi connectivity index (χ1) is 13.9. The predicted molar refractivity (Wildman–Crippen MR) is 116 cm³/mol. The van der Waals surface area contributed by atoms with E-state index in [0.29, 0.717) is 34.2 Å². The zero-order valence-electron chi connectivity index (χ0n) is 16.9. The quantitative estimate of drug-likeness (QED) is 0.472. The number of carbonyl (C=O) groups excluding carboxylic acids is 1. The van der Waals surface area contributed by atoms with Gasteiger partial charge < -0.3 is 10.1 Å². The molecule has 7 nitrogen and oxygen atoms in total. The number of methoxy groups -OCH3 is 1. The summed E-state index contributed by atoms with van der Waals surface area (Å²) < 4.78 is 6.93. The first-order valence-electron chi connectivity index (χ1n) is 9.32. The molecule has 0 unspecified atom stereocenters. The molecule has 29 heavy (non-hydrogen) atoms. The van der Waals surface area contributed by atoms with Gasteiger partial charge in [-0.2, -0.15) is 0 Å². The van der Waals surface area contributed by atoms with Gasteiger partial charge in [-0.05, 0) is 42.7 Å². The molecule has 0 bridgehead atoms. The number of hydrogen-bond acceptors (Lipinski definition) is 6. The smallest absolute Gasteiger partial charge is 0.263 e. The Morgan fingerprint density at radius 2 is 2.10 bits per heavy atom. The van der Waals surface area contributed by atoms with E-state index in [2.05, 4.69) is 15.3 Å². The Kier molecular flexibility index (Phi) is 6.53. The predicted octanol–water partition coefficient (Wildman–Crippen LogP) is 3.50. The van der Waals surface area contributed by atoms with Crippen LogP contribution in [0.4, 0.5) is 5.69 Å². The van der Waals surface area contributed by atoms with Crippen molar-refractivity contribution in [1.29, 1.82) is 0 Å². The van der Waals surface area contributed by atoms with Gasteiger partial charge in [0.15, 0.2) is 10.8 Å². The monoisotopic (exact) mass is 412 g/mol. The molecule has 0 atom stereocenters. The lowest BCUT2D eigenvalue weighted by Gasteiger charge is -2.15. The third kappa shape index (κ3) is 4.95. The average Bonchev–Trinajstić information content (AvgIpc) is 2.69. The minimum atomic E-state index is -0.203. The van der Waals surface area contributed by atoms with Crippen molar-refractivity contribution in [3.63, 3.8) is 0 Å². The summed E-state index contributed by atoms with van der Waals surface area (Å²) in [5.74, 6) is 0.761. The number of aromatic nitrogens is 3. The minimum Gasteiger partial charge on any atom is -0.495 e. The topological polar surface area (TPSA) is 86.1 Å². The maximum atomic E-state index is 12.9. The Balaban J connectivity index is 1.83. The van der Waals surface area contributed by atoms with Crippen molar-refractivity contribution >= 4 is 34.4 Å². The first kappa shape index (κ1) is 20.9. The van der Waals surface area contributed by atoms with E-state index in [4.69, 9.17) is 4.74 Å². The number of ether oxygens (including phenoxy) is 1. The van der Waals surface area contributed by atoms with Crippen molar-refractivity contribution in [1.82, 2.24) is 14.5 Å². The number of anilines is 1. The Bertz CT molecular complexity index is 1090. The molecule has 0 fully saturated rings. The number of pyridine rings is 1. The second kappa shape index (κ2) is 9.09. The van der Waals surface area contributed by atoms with Gasteiger partial charge in [0.05, 0.1) is 23.9 Å². The van der Waals surface area contributed by atoms with Gasteiger partial charge in [-0.15, -0.1) is 0 Å². The standard InChI is InChI=1S/C21H24N4O3S/c1-13(2)11-25-20(27)15-6-5-9-22-19(15)24-21(25)29-12-18(26)23-16-10-14(3)7-8-17(16)28-4/h5-10,13H,11-12H2,1-4H3,(H,23,26). The number of fused-ring (bicyclic) bond motifs is 1. The van der Waals surface area contributed by atoms with Crippen LogP contribution in [0.3, 0.4) is 0 Å². The van der Waals surface area contributed by atoms with Crippen molar-refractivity contribution in [3.8, 4) is 5.75 Å². The third-order valence-electron chi connectivity index (χ3n) is 4.20. The van der Waals surface area contributed by atoms with E-state index >= 15 is 0 Å². The van der Waals surface area contributed by atoms with Crippen LogP contribution in [0.1, 0.15) is 19.4 Å². The summed E-state index contributed by atoms with van der Waals surface area (Å²) in [6, 6.07) is 9.03. The zero-order chi connectivity index (χ0) is 21.0. The van der Waals surface area contributed by atoms with Gasteiger partial charge in [0.1, 0.15) is 5.75 Å². The summed E-state index contributed by atoms with van der Waals surface area (Å²) in [5.41, 5.74) is 1.88. The van der Waals surface area contributed by atoms with E-state index in [1.165, 1.54) is 11.8 Å². The molecule has 8 heteroatoms. The molecule has 0 saturated carbocycles. The molecule has 2 heterocycles. The van der Waals surface area contributed by atoms with E-state index in [9.17, 15) is 9.59 Å². The number of carbonyl (C=O) groups is 1. The molecule has 0 radical (unpaired) electrons. The molecule has 0 aliphatic heterocycles. The average molecular weight is 413 g/mol. The summed E-state index contributed by atoms with van der Waals surface area (Å²) in [7, 11) is 1.56. The highest BCUT2D eigenvalue weighted by Gasteiger charge is 2.15. The highest BCUT2D eigenvalue weighted by molar-refractivity contribution is 7.99. The van der Waals surface area contributed by atoms with Crippen LogP contribution in [-0.2, 0) is 11.3 Å². The largest absolute Gasteiger partial charge is 0.495 e. The van der Waals surface area contributed by atoms with Crippen LogP contribution in [0.5, 0.6) is 5.75 Å². The molecule has 0 aliphatic rings. The Morgan fingerprint density at radius 3 is 2.83 bits per heavy atom. The Labute approximate surface area is 173 Å². The van der Waals surface area contributed by atoms with Gasteiger partial charge >= 0.3 is 0 Å². The minimum absolute atomic E-state index is 0.111. The molecule has 0 aliphatic carbocycles. The maximum Gasteiger partial charge on any atom is 0.263 e. The number of nitrogens with one attached hydrogen (secondary N) is 1. The lowest BCUT2D eigenvalue weighted by atomic mass is 10.2. The molecule has 1 aromatic carbocycles. The number of aryl methyl sites for hydroxylation is 1. The zero-order valence-corrected chi connectivity index (χ0v) is 17.7. The molecule has 152 valence electrons. The van der Waals surface area contributed by atoms with Crippen LogP contribution in [0.2, 0.25) is 0 Å².